The van der Waals surface area contributed by atoms with Crippen molar-refractivity contribution in [1.29, 1.82) is 0 Å². The summed E-state index contributed by atoms with van der Waals surface area (Å²) in [5, 5.41) is 1.96. The number of Topliss-reactive ketones (excluding diaryl/α,β-unsaturated/α-hetero) is 1. The Balaban J connectivity index is 1.38. The minimum atomic E-state index is 0.0289. The zero-order valence-corrected chi connectivity index (χ0v) is 19.2. The van der Waals surface area contributed by atoms with Crippen molar-refractivity contribution in [3.05, 3.63) is 72.1 Å². The van der Waals surface area contributed by atoms with E-state index in [1.54, 1.807) is 6.20 Å². The molecule has 0 bridgehead atoms. The third kappa shape index (κ3) is 4.50. The van der Waals surface area contributed by atoms with Gasteiger partial charge in [-0.25, -0.2) is 4.98 Å². The number of pyridine rings is 2. The fourth-order valence-corrected chi connectivity index (χ4v) is 4.16. The molecule has 1 aliphatic rings. The minimum Gasteiger partial charge on any atom is -0.491 e. The van der Waals surface area contributed by atoms with Gasteiger partial charge in [0, 0.05) is 42.1 Å². The molecule has 7 nitrogen and oxygen atoms in total. The lowest BCUT2D eigenvalue weighted by Crippen LogP contribution is -2.30. The number of aromatic nitrogens is 4. The molecule has 0 N–H and O–H groups in total. The number of carbonyl (C=O) groups excluding carboxylic acids is 1. The lowest BCUT2D eigenvalue weighted by Gasteiger charge is -2.24. The molecule has 0 radical (unpaired) electrons. The van der Waals surface area contributed by atoms with Gasteiger partial charge in [-0.1, -0.05) is 0 Å². The molecular weight excluding hydrogens is 414 g/mol. The Kier molecular flexibility index (Phi) is 5.64. The molecule has 0 amide bonds. The molecule has 33 heavy (non-hydrogen) atoms. The zero-order chi connectivity index (χ0) is 22.9. The number of benzene rings is 1. The number of carbonyl (C=O) groups is 1. The Labute approximate surface area is 193 Å². The first-order valence-corrected chi connectivity index (χ1v) is 11.2. The number of nitrogens with zero attached hydrogens (tertiary/aromatic N) is 5. The van der Waals surface area contributed by atoms with Crippen LogP contribution in [0.2, 0.25) is 0 Å². The first kappa shape index (κ1) is 21.3. The minimum absolute atomic E-state index is 0.0289. The van der Waals surface area contributed by atoms with Crippen LogP contribution in [0.15, 0.2) is 55.0 Å². The molecule has 0 aliphatic carbocycles. The van der Waals surface area contributed by atoms with Gasteiger partial charge in [-0.05, 0) is 62.7 Å². The summed E-state index contributed by atoms with van der Waals surface area (Å²) in [4.78, 5) is 28.8. The molecule has 1 aromatic carbocycles. The summed E-state index contributed by atoms with van der Waals surface area (Å²) in [6.45, 7) is 6.69. The third-order valence-electron chi connectivity index (χ3n) is 5.87. The number of imidazole rings is 1. The monoisotopic (exact) mass is 441 g/mol. The van der Waals surface area contributed by atoms with Crippen LogP contribution in [0.5, 0.6) is 5.75 Å². The lowest BCUT2D eigenvalue weighted by atomic mass is 10.0. The van der Waals surface area contributed by atoms with Crippen LogP contribution in [0.4, 0.5) is 0 Å². The summed E-state index contributed by atoms with van der Waals surface area (Å²) in [5.41, 5.74) is 3.30. The maximum absolute atomic E-state index is 12.8. The van der Waals surface area contributed by atoms with Gasteiger partial charge in [0.25, 0.3) is 0 Å². The average Bonchev–Trinajstić information content (AvgIpc) is 3.21. The highest BCUT2D eigenvalue weighted by molar-refractivity contribution is 5.98. The molecule has 0 unspecified atom stereocenters. The van der Waals surface area contributed by atoms with Gasteiger partial charge in [0.05, 0.1) is 36.7 Å². The second-order valence-electron chi connectivity index (χ2n) is 8.83. The Morgan fingerprint density at radius 3 is 2.58 bits per heavy atom. The topological polar surface area (TPSA) is 73.1 Å². The van der Waals surface area contributed by atoms with Crippen molar-refractivity contribution < 1.29 is 9.53 Å². The van der Waals surface area contributed by atoms with E-state index in [0.717, 1.165) is 59.1 Å². The molecule has 0 saturated carbocycles. The predicted octanol–water partition coefficient (Wildman–Crippen LogP) is 4.15. The normalized spacial score (nSPS) is 13.9. The molecule has 0 atom stereocenters. The van der Waals surface area contributed by atoms with E-state index in [1.165, 1.54) is 0 Å². The molecule has 1 aliphatic heterocycles. The van der Waals surface area contributed by atoms with Crippen LogP contribution >= 0.6 is 0 Å². The molecule has 3 aromatic heterocycles. The van der Waals surface area contributed by atoms with E-state index in [1.807, 2.05) is 56.6 Å². The van der Waals surface area contributed by atoms with Crippen molar-refractivity contribution in [3.63, 3.8) is 0 Å². The van der Waals surface area contributed by atoms with Crippen LogP contribution in [-0.4, -0.2) is 49.9 Å². The molecule has 0 saturated heterocycles. The molecule has 5 rings (SSSR count). The first-order valence-electron chi connectivity index (χ1n) is 11.2. The van der Waals surface area contributed by atoms with Gasteiger partial charge < -0.3 is 9.30 Å². The van der Waals surface area contributed by atoms with Crippen LogP contribution in [0, 0.1) is 0 Å². The van der Waals surface area contributed by atoms with Crippen molar-refractivity contribution in [2.24, 2.45) is 0 Å². The van der Waals surface area contributed by atoms with Crippen molar-refractivity contribution >= 4 is 16.6 Å². The summed E-state index contributed by atoms with van der Waals surface area (Å²) in [6.07, 6.45) is 5.87. The van der Waals surface area contributed by atoms with E-state index in [-0.39, 0.29) is 18.3 Å². The van der Waals surface area contributed by atoms with Gasteiger partial charge in [0.2, 0.25) is 0 Å². The molecule has 0 fully saturated rings. The molecule has 168 valence electrons. The molecular formula is C26H27N5O2. The van der Waals surface area contributed by atoms with E-state index < -0.39 is 0 Å². The van der Waals surface area contributed by atoms with Crippen LogP contribution in [0.25, 0.3) is 22.2 Å². The van der Waals surface area contributed by atoms with Gasteiger partial charge in [0.1, 0.15) is 11.6 Å². The number of hydrogen-bond acceptors (Lipinski definition) is 6. The molecule has 0 spiro atoms. The number of hydrogen-bond donors (Lipinski definition) is 0. The first-order chi connectivity index (χ1) is 16.0. The Morgan fingerprint density at radius 1 is 1.00 bits per heavy atom. The Bertz CT molecular complexity index is 1310. The van der Waals surface area contributed by atoms with E-state index in [9.17, 15) is 4.79 Å². The van der Waals surface area contributed by atoms with E-state index in [2.05, 4.69) is 37.5 Å². The summed E-state index contributed by atoms with van der Waals surface area (Å²) >= 11 is 0. The fraction of sp³-hybridized carbons (Fsp3) is 0.308. The number of ketones is 1. The fourth-order valence-electron chi connectivity index (χ4n) is 4.16. The molecule has 4 heterocycles. The summed E-state index contributed by atoms with van der Waals surface area (Å²) in [5.74, 6) is 1.85. The number of rotatable bonds is 6. The largest absolute Gasteiger partial charge is 0.491 e. The van der Waals surface area contributed by atoms with Crippen LogP contribution in [0.1, 0.15) is 35.7 Å². The summed E-state index contributed by atoms with van der Waals surface area (Å²) in [7, 11) is 2.11. The number of fused-ring (bicyclic) bond motifs is 2. The maximum Gasteiger partial charge on any atom is 0.168 e. The summed E-state index contributed by atoms with van der Waals surface area (Å²) in [6, 6.07) is 11.3. The second-order valence-corrected chi connectivity index (χ2v) is 8.83. The second kappa shape index (κ2) is 8.75. The summed E-state index contributed by atoms with van der Waals surface area (Å²) < 4.78 is 7.90. The van der Waals surface area contributed by atoms with Gasteiger partial charge >= 0.3 is 0 Å². The van der Waals surface area contributed by atoms with Crippen LogP contribution in [-0.2, 0) is 19.5 Å². The van der Waals surface area contributed by atoms with Crippen molar-refractivity contribution in [1.82, 2.24) is 24.4 Å². The van der Waals surface area contributed by atoms with Crippen LogP contribution < -0.4 is 4.74 Å². The average molecular weight is 442 g/mol. The third-order valence-corrected chi connectivity index (χ3v) is 5.87. The Morgan fingerprint density at radius 2 is 1.79 bits per heavy atom. The number of ether oxygens (including phenoxy) is 1. The van der Waals surface area contributed by atoms with Gasteiger partial charge in [-0.2, -0.15) is 0 Å². The Hall–Kier alpha value is -3.58. The van der Waals surface area contributed by atoms with Crippen molar-refractivity contribution in [2.45, 2.75) is 39.5 Å². The smallest absolute Gasteiger partial charge is 0.168 e. The van der Waals surface area contributed by atoms with Gasteiger partial charge in [-0.15, -0.1) is 0 Å². The van der Waals surface area contributed by atoms with Crippen molar-refractivity contribution in [3.8, 4) is 17.1 Å². The van der Waals surface area contributed by atoms with E-state index in [4.69, 9.17) is 4.74 Å². The maximum atomic E-state index is 12.8. The zero-order valence-electron chi connectivity index (χ0n) is 19.2. The SMILES string of the molecule is CC(C)Oc1ccc(C(=O)Cc2cc3cc(-c4cnc5n4CCN(C)C5)ncc3cn2)cc1. The van der Waals surface area contributed by atoms with E-state index >= 15 is 0 Å². The quantitative estimate of drug-likeness (QED) is 0.419. The van der Waals surface area contributed by atoms with Gasteiger partial charge in [-0.3, -0.25) is 19.7 Å². The highest BCUT2D eigenvalue weighted by Crippen LogP contribution is 2.25. The standard InChI is InChI=1S/C26H27N5O2/c1-17(2)33-22-6-4-18(5-7-22)25(32)12-21-10-19-11-23(28-14-20(19)13-27-21)24-15-29-26-16-30(3)8-9-31(24)26/h4-7,10-11,13-15,17H,8-9,12,16H2,1-3H3. The van der Waals surface area contributed by atoms with E-state index in [0.29, 0.717) is 5.56 Å². The molecule has 7 heteroatoms. The number of likely N-dealkylation sites (N-methyl/N-ethyl adjacent to an activating group) is 1. The molecule has 4 aromatic rings. The lowest BCUT2D eigenvalue weighted by molar-refractivity contribution is 0.0992. The van der Waals surface area contributed by atoms with Crippen molar-refractivity contribution in [2.75, 3.05) is 13.6 Å². The van der Waals surface area contributed by atoms with Gasteiger partial charge in [0.15, 0.2) is 5.78 Å². The highest BCUT2D eigenvalue weighted by atomic mass is 16.5. The predicted molar refractivity (Wildman–Crippen MR) is 127 cm³/mol. The van der Waals surface area contributed by atoms with Crippen LogP contribution in [0.3, 0.4) is 0 Å². The highest BCUT2D eigenvalue weighted by Gasteiger charge is 2.19.